The maximum atomic E-state index is 12.2. The highest BCUT2D eigenvalue weighted by Gasteiger charge is 2.51. The van der Waals surface area contributed by atoms with E-state index in [1.807, 2.05) is 6.92 Å². The average Bonchev–Trinajstić information content (AvgIpc) is 2.61. The summed E-state index contributed by atoms with van der Waals surface area (Å²) >= 11 is 0. The second-order valence-electron chi connectivity index (χ2n) is 7.61. The Kier molecular flexibility index (Phi) is 4.62. The summed E-state index contributed by atoms with van der Waals surface area (Å²) in [4.78, 5) is 27.4. The van der Waals surface area contributed by atoms with Gasteiger partial charge in [0.05, 0.1) is 11.3 Å². The van der Waals surface area contributed by atoms with E-state index in [2.05, 4.69) is 0 Å². The van der Waals surface area contributed by atoms with Crippen LogP contribution in [0.2, 0.25) is 0 Å². The first-order chi connectivity index (χ1) is 10.3. The SMILES string of the molecule is CC(C)(C)OC(=O)N1CC(C)(N2CC(CS(=O)(=O)Cl)CC2=O)C1. The predicted molar refractivity (Wildman–Crippen MR) is 85.7 cm³/mol. The van der Waals surface area contributed by atoms with Crippen LogP contribution in [-0.2, 0) is 18.6 Å². The van der Waals surface area contributed by atoms with Gasteiger partial charge in [0.25, 0.3) is 0 Å². The van der Waals surface area contributed by atoms with Crippen LogP contribution in [0.5, 0.6) is 0 Å². The fourth-order valence-electron chi connectivity index (χ4n) is 3.10. The lowest BCUT2D eigenvalue weighted by molar-refractivity contribution is -0.139. The van der Waals surface area contributed by atoms with Gasteiger partial charge in [0.15, 0.2) is 0 Å². The first-order valence-electron chi connectivity index (χ1n) is 7.50. The normalized spacial score (nSPS) is 24.6. The Hall–Kier alpha value is -1.02. The topological polar surface area (TPSA) is 84.0 Å². The van der Waals surface area contributed by atoms with Gasteiger partial charge in [0, 0.05) is 42.7 Å². The molecule has 1 unspecified atom stereocenters. The van der Waals surface area contributed by atoms with Crippen LogP contribution in [-0.4, -0.2) is 66.7 Å². The summed E-state index contributed by atoms with van der Waals surface area (Å²) in [5, 5.41) is 0. The molecule has 0 aromatic carbocycles. The molecule has 0 aromatic rings. The van der Waals surface area contributed by atoms with Gasteiger partial charge in [-0.3, -0.25) is 4.79 Å². The summed E-state index contributed by atoms with van der Waals surface area (Å²) in [7, 11) is 1.65. The molecule has 2 fully saturated rings. The highest BCUT2D eigenvalue weighted by Crippen LogP contribution is 2.34. The number of ether oxygens (including phenoxy) is 1. The predicted octanol–water partition coefficient (Wildman–Crippen LogP) is 1.41. The molecule has 2 heterocycles. The molecule has 1 atom stereocenters. The van der Waals surface area contributed by atoms with Crippen LogP contribution in [0.4, 0.5) is 4.79 Å². The molecule has 2 rings (SSSR count). The van der Waals surface area contributed by atoms with Crippen molar-refractivity contribution in [1.82, 2.24) is 9.80 Å². The van der Waals surface area contributed by atoms with Crippen LogP contribution < -0.4 is 0 Å². The van der Waals surface area contributed by atoms with E-state index in [9.17, 15) is 18.0 Å². The smallest absolute Gasteiger partial charge is 0.410 e. The van der Waals surface area contributed by atoms with Gasteiger partial charge in [-0.25, -0.2) is 13.2 Å². The summed E-state index contributed by atoms with van der Waals surface area (Å²) in [5.41, 5.74) is -1.04. The number of nitrogens with zero attached hydrogens (tertiary/aromatic N) is 2. The largest absolute Gasteiger partial charge is 0.444 e. The van der Waals surface area contributed by atoms with E-state index in [1.54, 1.807) is 30.6 Å². The van der Waals surface area contributed by atoms with Gasteiger partial charge in [-0.15, -0.1) is 0 Å². The van der Waals surface area contributed by atoms with Crippen molar-refractivity contribution in [2.24, 2.45) is 5.92 Å². The second kappa shape index (κ2) is 5.81. The van der Waals surface area contributed by atoms with Gasteiger partial charge >= 0.3 is 6.09 Å². The summed E-state index contributed by atoms with van der Waals surface area (Å²) in [6.07, 6.45) is -0.227. The molecule has 132 valence electrons. The highest BCUT2D eigenvalue weighted by molar-refractivity contribution is 8.13. The standard InChI is InChI=1S/C14H23ClN2O5S/c1-13(2,3)22-12(19)16-8-14(4,9-16)17-6-10(5-11(17)18)7-23(15,20)21/h10H,5-9H2,1-4H3. The Balaban J connectivity index is 1.94. The number of carbonyl (C=O) groups is 2. The molecule has 0 radical (unpaired) electrons. The van der Waals surface area contributed by atoms with Crippen molar-refractivity contribution < 1.29 is 22.7 Å². The molecule has 0 N–H and O–H groups in total. The van der Waals surface area contributed by atoms with Crippen molar-refractivity contribution in [3.8, 4) is 0 Å². The molecule has 7 nitrogen and oxygen atoms in total. The minimum atomic E-state index is -3.62. The number of amides is 2. The number of likely N-dealkylation sites (tertiary alicyclic amines) is 2. The molecule has 23 heavy (non-hydrogen) atoms. The zero-order valence-electron chi connectivity index (χ0n) is 13.8. The van der Waals surface area contributed by atoms with E-state index in [1.165, 1.54) is 0 Å². The Morgan fingerprint density at radius 3 is 2.43 bits per heavy atom. The van der Waals surface area contributed by atoms with Crippen molar-refractivity contribution in [3.05, 3.63) is 0 Å². The number of halogens is 1. The van der Waals surface area contributed by atoms with Crippen LogP contribution >= 0.6 is 10.7 Å². The van der Waals surface area contributed by atoms with E-state index >= 15 is 0 Å². The molecular formula is C14H23ClN2O5S. The van der Waals surface area contributed by atoms with E-state index in [0.717, 1.165) is 0 Å². The summed E-state index contributed by atoms with van der Waals surface area (Å²) < 4.78 is 27.6. The maximum absolute atomic E-state index is 12.2. The van der Waals surface area contributed by atoms with E-state index < -0.39 is 26.3 Å². The lowest BCUT2D eigenvalue weighted by Crippen LogP contribution is -2.70. The van der Waals surface area contributed by atoms with Crippen molar-refractivity contribution >= 4 is 31.7 Å². The maximum Gasteiger partial charge on any atom is 0.410 e. The molecule has 0 bridgehead atoms. The highest BCUT2D eigenvalue weighted by atomic mass is 35.7. The number of hydrogen-bond acceptors (Lipinski definition) is 5. The fraction of sp³-hybridized carbons (Fsp3) is 0.857. The lowest BCUT2D eigenvalue weighted by Gasteiger charge is -2.52. The summed E-state index contributed by atoms with van der Waals surface area (Å²) in [5.74, 6) is -0.595. The molecule has 0 spiro atoms. The van der Waals surface area contributed by atoms with Gasteiger partial charge in [0.1, 0.15) is 5.60 Å². The second-order valence-corrected chi connectivity index (χ2v) is 10.4. The Labute approximate surface area is 141 Å². The molecule has 2 amide bonds. The van der Waals surface area contributed by atoms with Crippen LogP contribution in [0.3, 0.4) is 0 Å². The van der Waals surface area contributed by atoms with Gasteiger partial charge in [-0.1, -0.05) is 0 Å². The Morgan fingerprint density at radius 1 is 1.39 bits per heavy atom. The first kappa shape index (κ1) is 18.3. The van der Waals surface area contributed by atoms with Crippen molar-refractivity contribution in [2.45, 2.75) is 45.3 Å². The number of rotatable bonds is 3. The molecule has 2 aliphatic rings. The minimum absolute atomic E-state index is 0.0957. The van der Waals surface area contributed by atoms with Gasteiger partial charge in [-0.05, 0) is 27.7 Å². The van der Waals surface area contributed by atoms with Crippen molar-refractivity contribution in [3.63, 3.8) is 0 Å². The third-order valence-electron chi connectivity index (χ3n) is 4.01. The average molecular weight is 367 g/mol. The van der Waals surface area contributed by atoms with Gasteiger partial charge < -0.3 is 14.5 Å². The fourth-order valence-corrected chi connectivity index (χ4v) is 4.42. The molecule has 9 heteroatoms. The van der Waals surface area contributed by atoms with E-state index in [-0.39, 0.29) is 24.0 Å². The lowest BCUT2D eigenvalue weighted by atomic mass is 9.90. The van der Waals surface area contributed by atoms with Crippen LogP contribution in [0.25, 0.3) is 0 Å². The van der Waals surface area contributed by atoms with E-state index in [0.29, 0.717) is 19.6 Å². The molecule has 2 saturated heterocycles. The monoisotopic (exact) mass is 366 g/mol. The van der Waals surface area contributed by atoms with E-state index in [4.69, 9.17) is 15.4 Å². The molecular weight excluding hydrogens is 344 g/mol. The number of hydrogen-bond donors (Lipinski definition) is 0. The zero-order chi connectivity index (χ0) is 17.6. The summed E-state index contributed by atoms with van der Waals surface area (Å²) in [6, 6.07) is 0. The van der Waals surface area contributed by atoms with Gasteiger partial charge in [0.2, 0.25) is 15.0 Å². The third-order valence-corrected chi connectivity index (χ3v) is 5.25. The molecule has 2 aliphatic heterocycles. The number of carbonyl (C=O) groups excluding carboxylic acids is 2. The minimum Gasteiger partial charge on any atom is -0.444 e. The Bertz CT molecular complexity index is 607. The van der Waals surface area contributed by atoms with Crippen molar-refractivity contribution in [1.29, 1.82) is 0 Å². The quantitative estimate of drug-likeness (QED) is 0.705. The van der Waals surface area contributed by atoms with Gasteiger partial charge in [-0.2, -0.15) is 0 Å². The molecule has 0 aromatic heterocycles. The zero-order valence-corrected chi connectivity index (χ0v) is 15.4. The summed E-state index contributed by atoms with van der Waals surface area (Å²) in [6.45, 7) is 8.40. The van der Waals surface area contributed by atoms with Crippen LogP contribution in [0.15, 0.2) is 0 Å². The molecule has 0 aliphatic carbocycles. The first-order valence-corrected chi connectivity index (χ1v) is 9.98. The van der Waals surface area contributed by atoms with Crippen LogP contribution in [0, 0.1) is 5.92 Å². The Morgan fingerprint density at radius 2 is 1.96 bits per heavy atom. The molecule has 0 saturated carbocycles. The van der Waals surface area contributed by atoms with Crippen LogP contribution in [0.1, 0.15) is 34.1 Å². The third kappa shape index (κ3) is 4.50. The van der Waals surface area contributed by atoms with Crippen molar-refractivity contribution in [2.75, 3.05) is 25.4 Å².